The van der Waals surface area contributed by atoms with Gasteiger partial charge in [0.05, 0.1) is 11.4 Å². The van der Waals surface area contributed by atoms with Gasteiger partial charge in [-0.05, 0) is 103 Å². The van der Waals surface area contributed by atoms with Gasteiger partial charge in [-0.3, -0.25) is 4.99 Å². The van der Waals surface area contributed by atoms with Gasteiger partial charge in [-0.2, -0.15) is 0 Å². The van der Waals surface area contributed by atoms with Crippen LogP contribution in [0.25, 0.3) is 33.0 Å². The second-order valence-electron chi connectivity index (χ2n) is 14.4. The molecule has 0 aromatic heterocycles. The summed E-state index contributed by atoms with van der Waals surface area (Å²) in [7, 11) is 0. The quantitative estimate of drug-likeness (QED) is 0.197. The van der Waals surface area contributed by atoms with Crippen molar-refractivity contribution in [3.05, 3.63) is 160 Å². The first-order valence-electron chi connectivity index (χ1n) is 16.4. The molecule has 0 spiro atoms. The van der Waals surface area contributed by atoms with Crippen LogP contribution >= 0.6 is 0 Å². The zero-order chi connectivity index (χ0) is 30.5. The van der Waals surface area contributed by atoms with Crippen molar-refractivity contribution < 1.29 is 0 Å². The molecule has 1 atom stereocenters. The molecule has 1 nitrogen and oxygen atoms in total. The molecule has 0 bridgehead atoms. The van der Waals surface area contributed by atoms with E-state index in [1.807, 2.05) is 0 Å². The minimum absolute atomic E-state index is 0.0401. The van der Waals surface area contributed by atoms with E-state index >= 15 is 0 Å². The van der Waals surface area contributed by atoms with Gasteiger partial charge in [0.15, 0.2) is 0 Å². The van der Waals surface area contributed by atoms with Crippen molar-refractivity contribution in [2.24, 2.45) is 10.9 Å². The third-order valence-electron chi connectivity index (χ3n) is 11.1. The predicted molar refractivity (Wildman–Crippen MR) is 189 cm³/mol. The molecular formula is C44H37N. The van der Waals surface area contributed by atoms with E-state index in [2.05, 4.69) is 149 Å². The fourth-order valence-electron chi connectivity index (χ4n) is 8.61. The number of benzene rings is 6. The Morgan fingerprint density at radius 3 is 2.07 bits per heavy atom. The van der Waals surface area contributed by atoms with E-state index in [0.717, 1.165) is 18.5 Å². The van der Waals surface area contributed by atoms with Crippen LogP contribution in [0.3, 0.4) is 0 Å². The minimum atomic E-state index is -0.0734. The molecule has 0 N–H and O–H groups in total. The maximum atomic E-state index is 5.19. The van der Waals surface area contributed by atoms with E-state index in [1.54, 1.807) is 0 Å². The lowest BCUT2D eigenvalue weighted by Crippen LogP contribution is -2.24. The molecule has 0 amide bonds. The molecule has 0 fully saturated rings. The first-order chi connectivity index (χ1) is 21.8. The number of para-hydroxylation sites is 1. The Labute approximate surface area is 266 Å². The lowest BCUT2D eigenvalue weighted by atomic mass is 9.68. The highest BCUT2D eigenvalue weighted by molar-refractivity contribution is 6.09. The maximum Gasteiger partial charge on any atom is 0.0665 e. The molecule has 218 valence electrons. The van der Waals surface area contributed by atoms with Crippen molar-refractivity contribution in [2.45, 2.75) is 51.4 Å². The van der Waals surface area contributed by atoms with Crippen molar-refractivity contribution in [3.63, 3.8) is 0 Å². The van der Waals surface area contributed by atoms with E-state index in [0.29, 0.717) is 5.92 Å². The highest BCUT2D eigenvalue weighted by atomic mass is 14.8. The Kier molecular flexibility index (Phi) is 5.55. The average molecular weight is 580 g/mol. The van der Waals surface area contributed by atoms with Crippen molar-refractivity contribution in [2.75, 3.05) is 0 Å². The summed E-state index contributed by atoms with van der Waals surface area (Å²) in [4.78, 5) is 5.19. The van der Waals surface area contributed by atoms with Crippen molar-refractivity contribution >= 4 is 22.2 Å². The van der Waals surface area contributed by atoms with Crippen molar-refractivity contribution in [1.82, 2.24) is 0 Å². The van der Waals surface area contributed by atoms with Gasteiger partial charge in [0.1, 0.15) is 0 Å². The average Bonchev–Trinajstić information content (AvgIpc) is 3.30. The van der Waals surface area contributed by atoms with Crippen LogP contribution in [0.4, 0.5) is 5.69 Å². The van der Waals surface area contributed by atoms with Crippen LogP contribution in [0.1, 0.15) is 66.6 Å². The summed E-state index contributed by atoms with van der Waals surface area (Å²) < 4.78 is 0. The maximum absolute atomic E-state index is 5.19. The number of aliphatic imine (C=N–C) groups is 1. The van der Waals surface area contributed by atoms with Crippen LogP contribution in [0, 0.1) is 5.92 Å². The van der Waals surface area contributed by atoms with Gasteiger partial charge in [-0.25, -0.2) is 0 Å². The Bertz CT molecular complexity index is 2200. The van der Waals surface area contributed by atoms with Gasteiger partial charge in [0, 0.05) is 16.7 Å². The smallest absolute Gasteiger partial charge is 0.0665 e. The van der Waals surface area contributed by atoms with Gasteiger partial charge in [0.2, 0.25) is 0 Å². The molecule has 1 unspecified atom stereocenters. The SMILES string of the molecule is CC1(C)c2cc(-c3ccc(CC4Cc5ccccc5N=C4c4ccccc4)cc3)cc3c2-c2c1ccc1cccc(c21)C3(C)C. The normalized spacial score (nSPS) is 18.0. The van der Waals surface area contributed by atoms with Gasteiger partial charge in [-0.1, -0.05) is 131 Å². The van der Waals surface area contributed by atoms with Crippen LogP contribution in [0.2, 0.25) is 0 Å². The summed E-state index contributed by atoms with van der Waals surface area (Å²) in [6.45, 7) is 9.66. The number of nitrogens with zero attached hydrogens (tertiary/aromatic N) is 1. The standard InChI is InChI=1S/C44H37N/c1-43(2)34-15-10-14-29-21-22-35-41(39(29)34)40-36(43)25-32(26-37(40)44(35,3)4)28-19-17-27(18-20-28)23-33-24-31-13-8-9-16-38(31)45-42(33)30-11-6-5-7-12-30/h5-22,25-26,33H,23-24H2,1-4H3. The molecule has 1 heteroatoms. The largest absolute Gasteiger partial charge is 0.252 e. The van der Waals surface area contributed by atoms with Crippen molar-refractivity contribution in [3.8, 4) is 22.3 Å². The van der Waals surface area contributed by atoms with E-state index in [9.17, 15) is 0 Å². The van der Waals surface area contributed by atoms with E-state index < -0.39 is 0 Å². The summed E-state index contributed by atoms with van der Waals surface area (Å²) >= 11 is 0. The number of rotatable bonds is 4. The first-order valence-corrected chi connectivity index (χ1v) is 16.4. The molecule has 0 saturated carbocycles. The molecule has 0 saturated heterocycles. The lowest BCUT2D eigenvalue weighted by molar-refractivity contribution is 0.639. The molecule has 6 aromatic carbocycles. The zero-order valence-electron chi connectivity index (χ0n) is 26.5. The highest BCUT2D eigenvalue weighted by Gasteiger charge is 2.44. The molecule has 1 heterocycles. The Hall–Kier alpha value is -4.75. The number of hydrogen-bond acceptors (Lipinski definition) is 1. The minimum Gasteiger partial charge on any atom is -0.252 e. The Morgan fingerprint density at radius 1 is 0.578 bits per heavy atom. The van der Waals surface area contributed by atoms with E-state index in [4.69, 9.17) is 4.99 Å². The molecule has 6 aromatic rings. The molecule has 2 aliphatic carbocycles. The number of fused-ring (bicyclic) bond motifs is 1. The fraction of sp³-hybridized carbons (Fsp3) is 0.205. The van der Waals surface area contributed by atoms with E-state index in [1.165, 1.54) is 77.7 Å². The third-order valence-corrected chi connectivity index (χ3v) is 11.1. The summed E-state index contributed by atoms with van der Waals surface area (Å²) in [6, 6.07) is 45.3. The predicted octanol–water partition coefficient (Wildman–Crippen LogP) is 11.0. The molecule has 45 heavy (non-hydrogen) atoms. The van der Waals surface area contributed by atoms with E-state index in [-0.39, 0.29) is 10.8 Å². The highest BCUT2D eigenvalue weighted by Crippen LogP contribution is 2.60. The van der Waals surface area contributed by atoms with Crippen LogP contribution in [0.15, 0.2) is 126 Å². The summed E-state index contributed by atoms with van der Waals surface area (Å²) in [6.07, 6.45) is 1.99. The van der Waals surface area contributed by atoms with Crippen LogP contribution < -0.4 is 0 Å². The molecular weight excluding hydrogens is 542 g/mol. The van der Waals surface area contributed by atoms with Gasteiger partial charge in [-0.15, -0.1) is 0 Å². The van der Waals surface area contributed by atoms with Crippen LogP contribution in [0.5, 0.6) is 0 Å². The van der Waals surface area contributed by atoms with Crippen LogP contribution in [-0.4, -0.2) is 5.71 Å². The third kappa shape index (κ3) is 3.83. The lowest BCUT2D eigenvalue weighted by Gasteiger charge is -2.35. The summed E-state index contributed by atoms with van der Waals surface area (Å²) in [5.74, 6) is 0.342. The van der Waals surface area contributed by atoms with Gasteiger partial charge < -0.3 is 0 Å². The molecule has 9 rings (SSSR count). The number of hydrogen-bond donors (Lipinski definition) is 0. The zero-order valence-corrected chi connectivity index (χ0v) is 26.5. The topological polar surface area (TPSA) is 12.4 Å². The summed E-state index contributed by atoms with van der Waals surface area (Å²) in [5.41, 5.74) is 17.5. The van der Waals surface area contributed by atoms with Gasteiger partial charge >= 0.3 is 0 Å². The molecule has 1 aliphatic heterocycles. The summed E-state index contributed by atoms with van der Waals surface area (Å²) in [5, 5.41) is 2.82. The Balaban J connectivity index is 1.10. The second kappa shape index (κ2) is 9.38. The molecule has 3 aliphatic rings. The second-order valence-corrected chi connectivity index (χ2v) is 14.4. The van der Waals surface area contributed by atoms with Crippen LogP contribution in [-0.2, 0) is 23.7 Å². The first kappa shape index (κ1) is 26.6. The monoisotopic (exact) mass is 579 g/mol. The van der Waals surface area contributed by atoms with Crippen molar-refractivity contribution in [1.29, 1.82) is 0 Å². The van der Waals surface area contributed by atoms with Gasteiger partial charge in [0.25, 0.3) is 0 Å². The fourth-order valence-corrected chi connectivity index (χ4v) is 8.61. The Morgan fingerprint density at radius 2 is 1.29 bits per heavy atom. The molecule has 0 radical (unpaired) electrons.